The average molecular weight is 263 g/mol. The van der Waals surface area contributed by atoms with Gasteiger partial charge >= 0.3 is 0 Å². The molecule has 0 saturated heterocycles. The molecule has 100 valence electrons. The highest BCUT2D eigenvalue weighted by Crippen LogP contribution is 2.48. The lowest BCUT2D eigenvalue weighted by Gasteiger charge is -2.33. The van der Waals surface area contributed by atoms with Crippen molar-refractivity contribution in [1.29, 1.82) is 0 Å². The van der Waals surface area contributed by atoms with Crippen LogP contribution in [0.2, 0.25) is 0 Å². The third-order valence-electron chi connectivity index (χ3n) is 4.53. The van der Waals surface area contributed by atoms with Gasteiger partial charge in [-0.2, -0.15) is 0 Å². The molecule has 0 amide bonds. The monoisotopic (exact) mass is 263 g/mol. The summed E-state index contributed by atoms with van der Waals surface area (Å²) in [7, 11) is 0. The highest BCUT2D eigenvalue weighted by molar-refractivity contribution is 6.12. The van der Waals surface area contributed by atoms with Gasteiger partial charge < -0.3 is 5.11 Å². The third-order valence-corrected chi connectivity index (χ3v) is 4.53. The second-order valence-corrected chi connectivity index (χ2v) is 5.69. The van der Waals surface area contributed by atoms with Crippen molar-refractivity contribution in [2.45, 2.75) is 24.4 Å². The first-order valence-electron chi connectivity index (χ1n) is 7.22. The van der Waals surface area contributed by atoms with E-state index in [-0.39, 0.29) is 5.92 Å². The van der Waals surface area contributed by atoms with E-state index in [2.05, 4.69) is 35.3 Å². The van der Waals surface area contributed by atoms with Crippen molar-refractivity contribution in [2.75, 3.05) is 6.54 Å². The molecule has 0 unspecified atom stereocenters. The predicted molar refractivity (Wildman–Crippen MR) is 80.3 cm³/mol. The van der Waals surface area contributed by atoms with Gasteiger partial charge in [-0.3, -0.25) is 4.99 Å². The van der Waals surface area contributed by atoms with E-state index in [0.717, 1.165) is 30.7 Å². The first-order chi connectivity index (χ1) is 9.81. The molecule has 1 N–H and O–H groups in total. The minimum absolute atomic E-state index is 0.0129. The molecule has 2 aliphatic rings. The van der Waals surface area contributed by atoms with Gasteiger partial charge in [-0.05, 0) is 24.0 Å². The summed E-state index contributed by atoms with van der Waals surface area (Å²) in [5, 5.41) is 11.3. The van der Waals surface area contributed by atoms with Crippen molar-refractivity contribution in [3.8, 4) is 0 Å². The standard InChI is InChI=1S/C18H17NO/c20-18-11-6-12-19-17(18)15-10-5-4-9-14(15)16(18)13-7-2-1-3-8-13/h1-5,7-10,16,20H,6,11-12H2/t16-,18-/m1/s1. The maximum atomic E-state index is 11.3. The topological polar surface area (TPSA) is 32.6 Å². The molecule has 2 atom stereocenters. The molecule has 20 heavy (non-hydrogen) atoms. The van der Waals surface area contributed by atoms with E-state index in [1.165, 1.54) is 11.1 Å². The SMILES string of the molecule is O[C@@]12CCCN=C1c1ccccc1[C@H]2c1ccccc1. The highest BCUT2D eigenvalue weighted by atomic mass is 16.3. The fraction of sp³-hybridized carbons (Fsp3) is 0.278. The second kappa shape index (κ2) is 4.29. The van der Waals surface area contributed by atoms with Gasteiger partial charge in [-0.1, -0.05) is 54.6 Å². The molecule has 0 fully saturated rings. The zero-order chi connectivity index (χ0) is 13.6. The number of fused-ring (bicyclic) bond motifs is 3. The van der Waals surface area contributed by atoms with Crippen LogP contribution in [-0.2, 0) is 0 Å². The molecule has 2 aromatic rings. The molecular weight excluding hydrogens is 246 g/mol. The largest absolute Gasteiger partial charge is 0.383 e. The minimum Gasteiger partial charge on any atom is -0.383 e. The Morgan fingerprint density at radius 1 is 1.00 bits per heavy atom. The van der Waals surface area contributed by atoms with Crippen LogP contribution in [0.4, 0.5) is 0 Å². The second-order valence-electron chi connectivity index (χ2n) is 5.69. The number of aliphatic imine (C=N–C) groups is 1. The van der Waals surface area contributed by atoms with Gasteiger partial charge in [0.05, 0.1) is 5.71 Å². The van der Waals surface area contributed by atoms with Crippen LogP contribution in [0.5, 0.6) is 0 Å². The quantitative estimate of drug-likeness (QED) is 0.842. The number of nitrogens with zero attached hydrogens (tertiary/aromatic N) is 1. The molecule has 1 aliphatic carbocycles. The Balaban J connectivity index is 1.97. The number of hydrogen-bond acceptors (Lipinski definition) is 2. The van der Waals surface area contributed by atoms with Crippen LogP contribution in [0.25, 0.3) is 0 Å². The summed E-state index contributed by atoms with van der Waals surface area (Å²) < 4.78 is 0. The first-order valence-corrected chi connectivity index (χ1v) is 7.22. The van der Waals surface area contributed by atoms with Gasteiger partial charge in [-0.25, -0.2) is 0 Å². The molecule has 0 spiro atoms. The molecule has 2 nitrogen and oxygen atoms in total. The molecule has 1 heterocycles. The molecule has 1 aliphatic heterocycles. The maximum absolute atomic E-state index is 11.3. The van der Waals surface area contributed by atoms with Crippen LogP contribution in [-0.4, -0.2) is 23.0 Å². The summed E-state index contributed by atoms with van der Waals surface area (Å²) >= 11 is 0. The molecule has 2 aromatic carbocycles. The van der Waals surface area contributed by atoms with Crippen molar-refractivity contribution < 1.29 is 5.11 Å². The minimum atomic E-state index is -0.830. The van der Waals surface area contributed by atoms with Crippen molar-refractivity contribution >= 4 is 5.71 Å². The molecule has 0 aromatic heterocycles. The summed E-state index contributed by atoms with van der Waals surface area (Å²) in [6.45, 7) is 0.827. The lowest BCUT2D eigenvalue weighted by molar-refractivity contribution is 0.0848. The molecule has 0 bridgehead atoms. The van der Waals surface area contributed by atoms with E-state index >= 15 is 0 Å². The number of hydrogen-bond donors (Lipinski definition) is 1. The molecule has 0 saturated carbocycles. The van der Waals surface area contributed by atoms with E-state index in [1.807, 2.05) is 24.3 Å². The Morgan fingerprint density at radius 2 is 1.75 bits per heavy atom. The fourth-order valence-electron chi connectivity index (χ4n) is 3.72. The van der Waals surface area contributed by atoms with Crippen molar-refractivity contribution in [3.05, 3.63) is 71.3 Å². The van der Waals surface area contributed by atoms with Crippen LogP contribution in [0.3, 0.4) is 0 Å². The first kappa shape index (κ1) is 11.9. The predicted octanol–water partition coefficient (Wildman–Crippen LogP) is 3.15. The Morgan fingerprint density at radius 3 is 2.60 bits per heavy atom. The highest BCUT2D eigenvalue weighted by Gasteiger charge is 2.51. The molecular formula is C18H17NO. The summed E-state index contributed by atoms with van der Waals surface area (Å²) in [6.07, 6.45) is 1.75. The zero-order valence-corrected chi connectivity index (χ0v) is 11.3. The molecule has 2 heteroatoms. The van der Waals surface area contributed by atoms with Crippen molar-refractivity contribution in [1.82, 2.24) is 0 Å². The van der Waals surface area contributed by atoms with Crippen LogP contribution in [0.15, 0.2) is 59.6 Å². The van der Waals surface area contributed by atoms with Crippen LogP contribution in [0, 0.1) is 0 Å². The maximum Gasteiger partial charge on any atom is 0.118 e. The van der Waals surface area contributed by atoms with Gasteiger partial charge in [0.15, 0.2) is 0 Å². The van der Waals surface area contributed by atoms with E-state index in [0.29, 0.717) is 0 Å². The summed E-state index contributed by atoms with van der Waals surface area (Å²) in [5.74, 6) is 0.0129. The van der Waals surface area contributed by atoms with E-state index in [9.17, 15) is 5.11 Å². The van der Waals surface area contributed by atoms with Crippen LogP contribution < -0.4 is 0 Å². The normalized spacial score (nSPS) is 27.6. The Labute approximate surface area is 118 Å². The Hall–Kier alpha value is -1.93. The Bertz CT molecular complexity index is 677. The Kier molecular flexibility index (Phi) is 2.54. The van der Waals surface area contributed by atoms with Crippen molar-refractivity contribution in [2.24, 2.45) is 4.99 Å². The van der Waals surface area contributed by atoms with Crippen LogP contribution >= 0.6 is 0 Å². The average Bonchev–Trinajstić information content (AvgIpc) is 2.76. The van der Waals surface area contributed by atoms with Crippen molar-refractivity contribution in [3.63, 3.8) is 0 Å². The lowest BCUT2D eigenvalue weighted by Crippen LogP contribution is -2.42. The van der Waals surface area contributed by atoms with E-state index in [4.69, 9.17) is 0 Å². The summed E-state index contributed by atoms with van der Waals surface area (Å²) in [4.78, 5) is 4.65. The van der Waals surface area contributed by atoms with Gasteiger partial charge in [0.25, 0.3) is 0 Å². The lowest BCUT2D eigenvalue weighted by atomic mass is 9.78. The van der Waals surface area contributed by atoms with Gasteiger partial charge in [0.1, 0.15) is 5.60 Å². The number of rotatable bonds is 1. The number of benzene rings is 2. The molecule has 4 rings (SSSR count). The third kappa shape index (κ3) is 1.52. The van der Waals surface area contributed by atoms with Crippen LogP contribution in [0.1, 0.15) is 35.4 Å². The fourth-order valence-corrected chi connectivity index (χ4v) is 3.72. The van der Waals surface area contributed by atoms with Gasteiger partial charge in [-0.15, -0.1) is 0 Å². The van der Waals surface area contributed by atoms with Gasteiger partial charge in [0.2, 0.25) is 0 Å². The summed E-state index contributed by atoms with van der Waals surface area (Å²) in [6, 6.07) is 18.6. The van der Waals surface area contributed by atoms with E-state index < -0.39 is 5.60 Å². The van der Waals surface area contributed by atoms with Gasteiger partial charge in [0, 0.05) is 18.0 Å². The zero-order valence-electron chi connectivity index (χ0n) is 11.3. The smallest absolute Gasteiger partial charge is 0.118 e. The molecule has 0 radical (unpaired) electrons. The van der Waals surface area contributed by atoms with E-state index in [1.54, 1.807) is 0 Å². The number of aliphatic hydroxyl groups is 1. The summed E-state index contributed by atoms with van der Waals surface area (Å²) in [5.41, 5.74) is 3.58.